The molecule has 0 aromatic heterocycles. The topological polar surface area (TPSA) is 53.6 Å². The van der Waals surface area contributed by atoms with Crippen LogP contribution in [0.1, 0.15) is 25.3 Å². The number of carbonyl (C=O) groups is 1. The van der Waals surface area contributed by atoms with Gasteiger partial charge in [0, 0.05) is 25.7 Å². The molecule has 2 fully saturated rings. The van der Waals surface area contributed by atoms with Crippen molar-refractivity contribution in [2.24, 2.45) is 5.92 Å². The quantitative estimate of drug-likeness (QED) is 0.861. The van der Waals surface area contributed by atoms with Gasteiger partial charge in [-0.15, -0.1) is 0 Å². The highest BCUT2D eigenvalue weighted by atomic mass is 16.5. The van der Waals surface area contributed by atoms with Gasteiger partial charge in [-0.2, -0.15) is 0 Å². The number of benzene rings is 1. The van der Waals surface area contributed by atoms with Crippen molar-refractivity contribution >= 4 is 5.91 Å². The normalized spacial score (nSPS) is 28.0. The van der Waals surface area contributed by atoms with E-state index < -0.39 is 0 Å². The third-order valence-corrected chi connectivity index (χ3v) is 4.86. The van der Waals surface area contributed by atoms with E-state index in [-0.39, 0.29) is 24.0 Å². The second-order valence-electron chi connectivity index (χ2n) is 6.58. The van der Waals surface area contributed by atoms with Crippen molar-refractivity contribution in [2.75, 3.05) is 26.2 Å². The van der Waals surface area contributed by atoms with Gasteiger partial charge in [0.25, 0.3) is 0 Å². The predicted octanol–water partition coefficient (Wildman–Crippen LogP) is 1.35. The van der Waals surface area contributed by atoms with Crippen LogP contribution in [0.4, 0.5) is 0 Å². The first-order chi connectivity index (χ1) is 11.2. The molecule has 2 N–H and O–H groups in total. The van der Waals surface area contributed by atoms with Crippen LogP contribution in [-0.4, -0.2) is 49.2 Å². The third kappa shape index (κ3) is 4.31. The van der Waals surface area contributed by atoms with Crippen LogP contribution in [0, 0.1) is 5.92 Å². The number of hydrogen-bond acceptors (Lipinski definition) is 4. The number of hydrogen-bond donors (Lipinski definition) is 2. The highest BCUT2D eigenvalue weighted by molar-refractivity contribution is 5.80. The second-order valence-corrected chi connectivity index (χ2v) is 6.58. The molecule has 1 aromatic carbocycles. The molecule has 126 valence electrons. The molecule has 23 heavy (non-hydrogen) atoms. The molecule has 0 spiro atoms. The van der Waals surface area contributed by atoms with E-state index in [0.717, 1.165) is 38.9 Å². The van der Waals surface area contributed by atoms with Crippen LogP contribution in [0.25, 0.3) is 0 Å². The van der Waals surface area contributed by atoms with Crippen molar-refractivity contribution in [2.45, 2.75) is 38.3 Å². The molecular formula is C18H27N3O2. The summed E-state index contributed by atoms with van der Waals surface area (Å²) in [7, 11) is 0. The number of morpholine rings is 1. The average molecular weight is 317 g/mol. The van der Waals surface area contributed by atoms with Gasteiger partial charge in [-0.25, -0.2) is 0 Å². The number of nitrogens with zero attached hydrogens (tertiary/aromatic N) is 1. The maximum Gasteiger partial charge on any atom is 0.228 e. The molecule has 2 heterocycles. The van der Waals surface area contributed by atoms with Gasteiger partial charge in [0.2, 0.25) is 5.91 Å². The Hall–Kier alpha value is -1.43. The first-order valence-electron chi connectivity index (χ1n) is 8.67. The molecule has 1 amide bonds. The lowest BCUT2D eigenvalue weighted by Gasteiger charge is -2.35. The monoisotopic (exact) mass is 317 g/mol. The fraction of sp³-hybridized carbons (Fsp3) is 0.611. The summed E-state index contributed by atoms with van der Waals surface area (Å²) in [6.45, 7) is 4.88. The fourth-order valence-corrected chi connectivity index (χ4v) is 3.42. The Morgan fingerprint density at radius 2 is 2.17 bits per heavy atom. The van der Waals surface area contributed by atoms with E-state index in [2.05, 4.69) is 42.0 Å². The number of carbonyl (C=O) groups excluding carboxylic acids is 1. The van der Waals surface area contributed by atoms with Crippen LogP contribution < -0.4 is 10.9 Å². The molecule has 0 saturated carbocycles. The average Bonchev–Trinajstić information content (AvgIpc) is 3.01. The zero-order chi connectivity index (χ0) is 16.1. The summed E-state index contributed by atoms with van der Waals surface area (Å²) in [6.07, 6.45) is 3.35. The molecular weight excluding hydrogens is 290 g/mol. The molecule has 0 aliphatic carbocycles. The first-order valence-corrected chi connectivity index (χ1v) is 8.67. The Bertz CT molecular complexity index is 508. The van der Waals surface area contributed by atoms with Crippen LogP contribution in [-0.2, 0) is 16.0 Å². The van der Waals surface area contributed by atoms with Crippen molar-refractivity contribution in [3.05, 3.63) is 35.9 Å². The fourth-order valence-electron chi connectivity index (χ4n) is 3.42. The maximum absolute atomic E-state index is 12.6. The molecule has 3 atom stereocenters. The van der Waals surface area contributed by atoms with Crippen LogP contribution in [0.15, 0.2) is 30.3 Å². The van der Waals surface area contributed by atoms with Crippen molar-refractivity contribution < 1.29 is 9.53 Å². The SMILES string of the molecule is CC1NNCC1C(=O)N1CCOC(CCCc2ccccc2)C1. The van der Waals surface area contributed by atoms with E-state index in [0.29, 0.717) is 6.61 Å². The number of nitrogens with one attached hydrogen (secondary N) is 2. The number of aryl methyl sites for hydroxylation is 1. The number of ether oxygens (including phenoxy) is 1. The molecule has 5 heteroatoms. The summed E-state index contributed by atoms with van der Waals surface area (Å²) in [5, 5.41) is 0. The summed E-state index contributed by atoms with van der Waals surface area (Å²) in [5.74, 6) is 0.296. The van der Waals surface area contributed by atoms with Gasteiger partial charge in [0.15, 0.2) is 0 Å². The van der Waals surface area contributed by atoms with Crippen molar-refractivity contribution in [3.63, 3.8) is 0 Å². The lowest BCUT2D eigenvalue weighted by Crippen LogP contribution is -2.49. The lowest BCUT2D eigenvalue weighted by molar-refractivity contribution is -0.143. The second kappa shape index (κ2) is 7.90. The molecule has 3 rings (SSSR count). The molecule has 2 aliphatic heterocycles. The van der Waals surface area contributed by atoms with Gasteiger partial charge in [0.1, 0.15) is 0 Å². The largest absolute Gasteiger partial charge is 0.375 e. The van der Waals surface area contributed by atoms with E-state index >= 15 is 0 Å². The first kappa shape index (κ1) is 16.4. The van der Waals surface area contributed by atoms with Crippen LogP contribution in [0.3, 0.4) is 0 Å². The van der Waals surface area contributed by atoms with Crippen LogP contribution in [0.2, 0.25) is 0 Å². The molecule has 1 aromatic rings. The zero-order valence-electron chi connectivity index (χ0n) is 13.8. The Labute approximate surface area is 138 Å². The number of rotatable bonds is 5. The maximum atomic E-state index is 12.6. The van der Waals surface area contributed by atoms with Crippen LogP contribution in [0.5, 0.6) is 0 Å². The van der Waals surface area contributed by atoms with Gasteiger partial charge >= 0.3 is 0 Å². The Morgan fingerprint density at radius 3 is 2.91 bits per heavy atom. The Morgan fingerprint density at radius 1 is 1.35 bits per heavy atom. The number of hydrazine groups is 1. The summed E-state index contributed by atoms with van der Waals surface area (Å²) in [4.78, 5) is 14.6. The van der Waals surface area contributed by atoms with Crippen LogP contribution >= 0.6 is 0 Å². The molecule has 5 nitrogen and oxygen atoms in total. The summed E-state index contributed by atoms with van der Waals surface area (Å²) < 4.78 is 5.86. The minimum Gasteiger partial charge on any atom is -0.375 e. The molecule has 0 radical (unpaired) electrons. The third-order valence-electron chi connectivity index (χ3n) is 4.86. The Balaban J connectivity index is 1.45. The summed E-state index contributed by atoms with van der Waals surface area (Å²) in [5.41, 5.74) is 7.57. The van der Waals surface area contributed by atoms with Gasteiger partial charge in [0.05, 0.1) is 18.6 Å². The zero-order valence-corrected chi connectivity index (χ0v) is 13.8. The highest BCUT2D eigenvalue weighted by Crippen LogP contribution is 2.17. The van der Waals surface area contributed by atoms with E-state index in [1.54, 1.807) is 0 Å². The molecule has 2 aliphatic rings. The minimum atomic E-state index is 0.0399. The highest BCUT2D eigenvalue weighted by Gasteiger charge is 2.34. The molecule has 3 unspecified atom stereocenters. The van der Waals surface area contributed by atoms with E-state index in [4.69, 9.17) is 4.74 Å². The van der Waals surface area contributed by atoms with Crippen molar-refractivity contribution in [3.8, 4) is 0 Å². The van der Waals surface area contributed by atoms with E-state index in [1.165, 1.54) is 5.56 Å². The van der Waals surface area contributed by atoms with Gasteiger partial charge < -0.3 is 9.64 Å². The lowest BCUT2D eigenvalue weighted by atomic mass is 10.0. The summed E-state index contributed by atoms with van der Waals surface area (Å²) >= 11 is 0. The minimum absolute atomic E-state index is 0.0399. The van der Waals surface area contributed by atoms with Gasteiger partial charge in [-0.05, 0) is 31.7 Å². The van der Waals surface area contributed by atoms with Crippen molar-refractivity contribution in [1.82, 2.24) is 15.8 Å². The van der Waals surface area contributed by atoms with Gasteiger partial charge in [-0.3, -0.25) is 15.6 Å². The van der Waals surface area contributed by atoms with Gasteiger partial charge in [-0.1, -0.05) is 30.3 Å². The van der Waals surface area contributed by atoms with E-state index in [9.17, 15) is 4.79 Å². The summed E-state index contributed by atoms with van der Waals surface area (Å²) in [6, 6.07) is 10.7. The number of amides is 1. The van der Waals surface area contributed by atoms with E-state index in [1.807, 2.05) is 11.0 Å². The Kier molecular flexibility index (Phi) is 5.65. The molecule has 2 saturated heterocycles. The molecule has 0 bridgehead atoms. The predicted molar refractivity (Wildman–Crippen MR) is 89.8 cm³/mol. The standard InChI is InChI=1S/C18H27N3O2/c1-14-17(12-19-20-14)18(22)21-10-11-23-16(13-21)9-5-8-15-6-3-2-4-7-15/h2-4,6-7,14,16-17,19-20H,5,8-13H2,1H3. The van der Waals surface area contributed by atoms with Crippen molar-refractivity contribution in [1.29, 1.82) is 0 Å². The smallest absolute Gasteiger partial charge is 0.228 e.